The Bertz CT molecular complexity index is 847. The van der Waals surface area contributed by atoms with Gasteiger partial charge in [-0.3, -0.25) is 10.1 Å². The van der Waals surface area contributed by atoms with E-state index in [1.165, 1.54) is 30.0 Å². The quantitative estimate of drug-likeness (QED) is 0.278. The fraction of sp³-hybridized carbons (Fsp3) is 0.0769. The Labute approximate surface area is 157 Å². The molecule has 2 aromatic rings. The number of rotatable bonds is 3. The molecule has 0 spiro atoms. The number of halogens is 2. The highest BCUT2D eigenvalue weighted by atomic mass is 127. The molecule has 2 N–H and O–H groups in total. The molecule has 10 heteroatoms. The maximum atomic E-state index is 12.0. The second-order valence-corrected chi connectivity index (χ2v) is 6.62. The van der Waals surface area contributed by atoms with Crippen LogP contribution < -0.4 is 5.73 Å². The summed E-state index contributed by atoms with van der Waals surface area (Å²) in [5.41, 5.74) is 6.43. The van der Waals surface area contributed by atoms with E-state index in [1.54, 1.807) is 0 Å². The molecule has 0 aliphatic rings. The van der Waals surface area contributed by atoms with Gasteiger partial charge in [0.15, 0.2) is 5.69 Å². The summed E-state index contributed by atoms with van der Waals surface area (Å²) >= 11 is 3.86. The number of ether oxygens (including phenoxy) is 1. The van der Waals surface area contributed by atoms with E-state index in [4.69, 9.17) is 15.7 Å². The van der Waals surface area contributed by atoms with Crippen LogP contribution >= 0.6 is 45.2 Å². The molecule has 1 aromatic carbocycles. The SMILES string of the molecule is COC(=O)c1c(N)c(C#N)cn1-c1c(I)cc([N+](=O)[O-])cc1I. The lowest BCUT2D eigenvalue weighted by molar-refractivity contribution is -0.385. The van der Waals surface area contributed by atoms with Crippen LogP contribution in [0.4, 0.5) is 11.4 Å². The molecule has 118 valence electrons. The van der Waals surface area contributed by atoms with Crippen LogP contribution in [0.5, 0.6) is 0 Å². The maximum absolute atomic E-state index is 12.0. The topological polar surface area (TPSA) is 124 Å². The number of esters is 1. The number of aromatic nitrogens is 1. The van der Waals surface area contributed by atoms with Crippen molar-refractivity contribution in [2.24, 2.45) is 0 Å². The van der Waals surface area contributed by atoms with Crippen molar-refractivity contribution in [3.63, 3.8) is 0 Å². The molecular weight excluding hydrogens is 530 g/mol. The molecule has 0 unspecified atom stereocenters. The van der Waals surface area contributed by atoms with Crippen molar-refractivity contribution in [3.05, 3.63) is 46.8 Å². The number of non-ortho nitro benzene ring substituents is 1. The van der Waals surface area contributed by atoms with Crippen molar-refractivity contribution in [1.29, 1.82) is 5.26 Å². The third kappa shape index (κ3) is 3.11. The number of nitro benzene ring substituents is 1. The summed E-state index contributed by atoms with van der Waals surface area (Å²) in [5.74, 6) is -0.700. The van der Waals surface area contributed by atoms with Gasteiger partial charge in [0.25, 0.3) is 5.69 Å². The molecule has 0 amide bonds. The van der Waals surface area contributed by atoms with E-state index in [2.05, 4.69) is 0 Å². The number of anilines is 1. The molecule has 0 fully saturated rings. The predicted octanol–water partition coefficient (Wildman–Crippen LogP) is 2.84. The van der Waals surface area contributed by atoms with Gasteiger partial charge in [0.1, 0.15) is 6.07 Å². The summed E-state index contributed by atoms with van der Waals surface area (Å²) in [6.07, 6.45) is 1.41. The number of nitro groups is 1. The highest BCUT2D eigenvalue weighted by Crippen LogP contribution is 2.32. The summed E-state index contributed by atoms with van der Waals surface area (Å²) in [6.45, 7) is 0. The van der Waals surface area contributed by atoms with E-state index in [-0.39, 0.29) is 22.6 Å². The van der Waals surface area contributed by atoms with Gasteiger partial charge in [0, 0.05) is 25.5 Å². The van der Waals surface area contributed by atoms with Crippen molar-refractivity contribution in [2.45, 2.75) is 0 Å². The molecule has 0 aliphatic carbocycles. The third-order valence-electron chi connectivity index (χ3n) is 3.00. The van der Waals surface area contributed by atoms with Crippen molar-refractivity contribution in [2.75, 3.05) is 12.8 Å². The van der Waals surface area contributed by atoms with Crippen LogP contribution in [0.25, 0.3) is 5.69 Å². The molecule has 0 saturated carbocycles. The zero-order valence-electron chi connectivity index (χ0n) is 11.5. The molecule has 23 heavy (non-hydrogen) atoms. The molecule has 0 aliphatic heterocycles. The van der Waals surface area contributed by atoms with Crippen molar-refractivity contribution in [1.82, 2.24) is 4.57 Å². The second-order valence-electron chi connectivity index (χ2n) is 4.29. The predicted molar refractivity (Wildman–Crippen MR) is 98.3 cm³/mol. The molecule has 1 aromatic heterocycles. The molecule has 0 atom stereocenters. The van der Waals surface area contributed by atoms with Crippen molar-refractivity contribution >= 4 is 62.5 Å². The number of carbonyl (C=O) groups excluding carboxylic acids is 1. The number of nitrogens with two attached hydrogens (primary N) is 1. The van der Waals surface area contributed by atoms with Crippen LogP contribution in [0, 0.1) is 28.6 Å². The first-order valence-electron chi connectivity index (χ1n) is 5.94. The summed E-state index contributed by atoms with van der Waals surface area (Å²) in [7, 11) is 1.21. The fourth-order valence-electron chi connectivity index (χ4n) is 1.98. The molecule has 2 rings (SSSR count). The van der Waals surface area contributed by atoms with E-state index in [0.29, 0.717) is 12.8 Å². The Kier molecular flexibility index (Phi) is 5.09. The summed E-state index contributed by atoms with van der Waals surface area (Å²) in [5, 5.41) is 20.1. The summed E-state index contributed by atoms with van der Waals surface area (Å²) in [4.78, 5) is 22.4. The van der Waals surface area contributed by atoms with Gasteiger partial charge in [-0.15, -0.1) is 0 Å². The van der Waals surface area contributed by atoms with Crippen LogP contribution in [0.2, 0.25) is 0 Å². The van der Waals surface area contributed by atoms with Gasteiger partial charge < -0.3 is 15.0 Å². The van der Waals surface area contributed by atoms with Gasteiger partial charge in [0.05, 0.1) is 29.0 Å². The van der Waals surface area contributed by atoms with E-state index in [1.807, 2.05) is 51.3 Å². The largest absolute Gasteiger partial charge is 0.464 e. The molecule has 0 radical (unpaired) electrons. The first-order chi connectivity index (χ1) is 10.8. The Morgan fingerprint density at radius 2 is 2.00 bits per heavy atom. The van der Waals surface area contributed by atoms with Gasteiger partial charge in [-0.25, -0.2) is 4.79 Å². The van der Waals surface area contributed by atoms with Gasteiger partial charge in [-0.1, -0.05) is 0 Å². The monoisotopic (exact) mass is 538 g/mol. The lowest BCUT2D eigenvalue weighted by Gasteiger charge is -2.12. The minimum absolute atomic E-state index is 0.00398. The number of carbonyl (C=O) groups is 1. The number of benzene rings is 1. The number of hydrogen-bond acceptors (Lipinski definition) is 6. The number of nitrogens with zero attached hydrogens (tertiary/aromatic N) is 3. The van der Waals surface area contributed by atoms with Gasteiger partial charge in [-0.05, 0) is 45.2 Å². The smallest absolute Gasteiger partial charge is 0.357 e. The van der Waals surface area contributed by atoms with Crippen molar-refractivity contribution < 1.29 is 14.5 Å². The summed E-state index contributed by atoms with van der Waals surface area (Å²) < 4.78 is 7.21. The highest BCUT2D eigenvalue weighted by molar-refractivity contribution is 14.1. The molecule has 1 heterocycles. The van der Waals surface area contributed by atoms with Crippen LogP contribution in [0.15, 0.2) is 18.3 Å². The average Bonchev–Trinajstić information content (AvgIpc) is 2.82. The lowest BCUT2D eigenvalue weighted by atomic mass is 10.2. The van der Waals surface area contributed by atoms with E-state index >= 15 is 0 Å². The minimum Gasteiger partial charge on any atom is -0.464 e. The van der Waals surface area contributed by atoms with E-state index in [0.717, 1.165) is 0 Å². The summed E-state index contributed by atoms with van der Waals surface area (Å²) in [6, 6.07) is 4.66. The first-order valence-corrected chi connectivity index (χ1v) is 8.10. The zero-order chi connectivity index (χ0) is 17.3. The van der Waals surface area contributed by atoms with Gasteiger partial charge >= 0.3 is 5.97 Å². The average molecular weight is 538 g/mol. The third-order valence-corrected chi connectivity index (χ3v) is 4.64. The zero-order valence-corrected chi connectivity index (χ0v) is 15.9. The normalized spacial score (nSPS) is 10.2. The second kappa shape index (κ2) is 6.71. The van der Waals surface area contributed by atoms with E-state index < -0.39 is 10.9 Å². The van der Waals surface area contributed by atoms with Gasteiger partial charge in [0.2, 0.25) is 0 Å². The Hall–Kier alpha value is -1.88. The van der Waals surface area contributed by atoms with Crippen LogP contribution in [0.3, 0.4) is 0 Å². The first kappa shape index (κ1) is 17.5. The van der Waals surface area contributed by atoms with Crippen LogP contribution in [-0.2, 0) is 4.74 Å². The van der Waals surface area contributed by atoms with Crippen LogP contribution in [0.1, 0.15) is 16.1 Å². The van der Waals surface area contributed by atoms with Crippen LogP contribution in [-0.4, -0.2) is 22.6 Å². The fourth-order valence-corrected chi connectivity index (χ4v) is 4.23. The number of nitrogen functional groups attached to an aromatic ring is 1. The Balaban J connectivity index is 2.80. The number of hydrogen-bond donors (Lipinski definition) is 1. The number of nitriles is 1. The standard InChI is InChI=1S/C13H8I2N4O4/c1-23-13(20)12-10(17)6(4-16)5-18(12)11-8(14)2-7(19(21)22)3-9(11)15/h2-3,5H,17H2,1H3. The maximum Gasteiger partial charge on any atom is 0.357 e. The highest BCUT2D eigenvalue weighted by Gasteiger charge is 2.25. The molecule has 8 nitrogen and oxygen atoms in total. The lowest BCUT2D eigenvalue weighted by Crippen LogP contribution is -2.13. The van der Waals surface area contributed by atoms with Crippen molar-refractivity contribution in [3.8, 4) is 11.8 Å². The van der Waals surface area contributed by atoms with E-state index in [9.17, 15) is 14.9 Å². The number of methoxy groups -OCH3 is 1. The van der Waals surface area contributed by atoms with Gasteiger partial charge in [-0.2, -0.15) is 5.26 Å². The molecule has 0 saturated heterocycles. The molecular formula is C13H8I2N4O4. The Morgan fingerprint density at radius 3 is 2.43 bits per heavy atom. The minimum atomic E-state index is -0.700. The Morgan fingerprint density at radius 1 is 1.43 bits per heavy atom. The molecule has 0 bridgehead atoms.